The Morgan fingerprint density at radius 2 is 1.70 bits per heavy atom. The van der Waals surface area contributed by atoms with E-state index in [2.05, 4.69) is 5.10 Å². The van der Waals surface area contributed by atoms with Crippen LogP contribution in [0.1, 0.15) is 25.7 Å². The van der Waals surface area contributed by atoms with Gasteiger partial charge in [-0.15, -0.1) is 0 Å². The summed E-state index contributed by atoms with van der Waals surface area (Å²) in [6, 6.07) is 16.7. The number of aromatic nitrogens is 2. The van der Waals surface area contributed by atoms with Gasteiger partial charge < -0.3 is 4.74 Å². The van der Waals surface area contributed by atoms with Gasteiger partial charge in [0.15, 0.2) is 5.82 Å². The summed E-state index contributed by atoms with van der Waals surface area (Å²) in [6.45, 7) is 0. The van der Waals surface area contributed by atoms with Crippen molar-refractivity contribution in [2.24, 2.45) is 5.92 Å². The fraction of sp³-hybridized carbons (Fsp3) is 0.192. The molecule has 0 saturated heterocycles. The Labute approximate surface area is 188 Å². The predicted molar refractivity (Wildman–Crippen MR) is 120 cm³/mol. The number of halogens is 2. The van der Waals surface area contributed by atoms with Crippen LogP contribution < -0.4 is 10.3 Å². The molecule has 1 aliphatic rings. The Morgan fingerprint density at radius 3 is 2.45 bits per heavy atom. The molecule has 5 rings (SSSR count). The molecule has 166 valence electrons. The summed E-state index contributed by atoms with van der Waals surface area (Å²) in [4.78, 5) is 25.5. The molecule has 0 amide bonds. The highest BCUT2D eigenvalue weighted by atomic mass is 19.1. The first-order valence-electron chi connectivity index (χ1n) is 10.8. The van der Waals surface area contributed by atoms with Crippen LogP contribution in [0.2, 0.25) is 0 Å². The number of esters is 1. The summed E-state index contributed by atoms with van der Waals surface area (Å²) >= 11 is 0. The van der Waals surface area contributed by atoms with E-state index >= 15 is 0 Å². The van der Waals surface area contributed by atoms with Gasteiger partial charge in [-0.05, 0) is 43.2 Å². The fourth-order valence-corrected chi connectivity index (χ4v) is 4.29. The first-order chi connectivity index (χ1) is 16.0. The number of fused-ring (bicyclic) bond motifs is 1. The molecule has 0 N–H and O–H groups in total. The molecule has 1 fully saturated rings. The Balaban J connectivity index is 1.63. The zero-order valence-corrected chi connectivity index (χ0v) is 17.6. The van der Waals surface area contributed by atoms with Crippen LogP contribution in [0, 0.1) is 17.6 Å². The van der Waals surface area contributed by atoms with Gasteiger partial charge in [0.1, 0.15) is 17.3 Å². The molecule has 0 radical (unpaired) electrons. The molecule has 0 atom stereocenters. The lowest BCUT2D eigenvalue weighted by atomic mass is 10.0. The molecule has 5 nitrogen and oxygen atoms in total. The van der Waals surface area contributed by atoms with Crippen LogP contribution in [-0.2, 0) is 4.79 Å². The molecule has 4 aromatic rings. The lowest BCUT2D eigenvalue weighted by molar-refractivity contribution is -0.138. The Bertz CT molecular complexity index is 1420. The maximum atomic E-state index is 14.5. The minimum Gasteiger partial charge on any atom is -0.426 e. The first-order valence-corrected chi connectivity index (χ1v) is 10.8. The maximum Gasteiger partial charge on any atom is 0.314 e. The Morgan fingerprint density at radius 1 is 0.939 bits per heavy atom. The molecule has 0 aliphatic heterocycles. The van der Waals surface area contributed by atoms with Crippen LogP contribution in [0.5, 0.6) is 5.75 Å². The molecule has 0 spiro atoms. The van der Waals surface area contributed by atoms with Crippen LogP contribution in [0.15, 0.2) is 71.5 Å². The van der Waals surface area contributed by atoms with E-state index in [0.717, 1.165) is 36.4 Å². The molecule has 7 heteroatoms. The molecule has 0 unspecified atom stereocenters. The van der Waals surface area contributed by atoms with Gasteiger partial charge in [-0.1, -0.05) is 43.2 Å². The Kier molecular flexibility index (Phi) is 5.46. The second kappa shape index (κ2) is 8.58. The lowest BCUT2D eigenvalue weighted by Gasteiger charge is -2.13. The molecular weight excluding hydrogens is 426 g/mol. The smallest absolute Gasteiger partial charge is 0.314 e. The largest absolute Gasteiger partial charge is 0.426 e. The van der Waals surface area contributed by atoms with E-state index in [1.807, 2.05) is 0 Å². The molecule has 3 aromatic carbocycles. The number of carbonyl (C=O) groups is 1. The van der Waals surface area contributed by atoms with Crippen molar-refractivity contribution in [2.45, 2.75) is 25.7 Å². The van der Waals surface area contributed by atoms with Crippen molar-refractivity contribution in [3.8, 4) is 22.7 Å². The molecule has 1 aromatic heterocycles. The van der Waals surface area contributed by atoms with Crippen molar-refractivity contribution < 1.29 is 18.3 Å². The van der Waals surface area contributed by atoms with Gasteiger partial charge in [-0.3, -0.25) is 9.59 Å². The van der Waals surface area contributed by atoms with Gasteiger partial charge in [-0.2, -0.15) is 9.78 Å². The molecule has 1 saturated carbocycles. The van der Waals surface area contributed by atoms with Crippen LogP contribution >= 0.6 is 0 Å². The van der Waals surface area contributed by atoms with E-state index in [1.54, 1.807) is 48.5 Å². The predicted octanol–water partition coefficient (Wildman–Crippen LogP) is 5.43. The third kappa shape index (κ3) is 4.02. The Hall–Kier alpha value is -3.87. The van der Waals surface area contributed by atoms with Crippen molar-refractivity contribution >= 4 is 16.7 Å². The molecule has 0 bridgehead atoms. The molecule has 1 heterocycles. The minimum atomic E-state index is -0.898. The van der Waals surface area contributed by atoms with E-state index in [9.17, 15) is 18.4 Å². The number of rotatable bonds is 4. The molecular formula is C26H20F2N2O3. The van der Waals surface area contributed by atoms with Crippen LogP contribution in [0.4, 0.5) is 8.78 Å². The summed E-state index contributed by atoms with van der Waals surface area (Å²) in [5.74, 6) is -1.61. The van der Waals surface area contributed by atoms with Crippen LogP contribution in [0.25, 0.3) is 27.7 Å². The van der Waals surface area contributed by atoms with Crippen molar-refractivity contribution in [2.75, 3.05) is 0 Å². The maximum absolute atomic E-state index is 14.5. The van der Waals surface area contributed by atoms with Crippen molar-refractivity contribution in [3.05, 3.63) is 88.7 Å². The van der Waals surface area contributed by atoms with Gasteiger partial charge >= 0.3 is 5.97 Å². The van der Waals surface area contributed by atoms with E-state index in [-0.39, 0.29) is 17.6 Å². The van der Waals surface area contributed by atoms with E-state index in [4.69, 9.17) is 4.74 Å². The van der Waals surface area contributed by atoms with E-state index in [0.29, 0.717) is 33.8 Å². The number of nitrogens with zero attached hydrogens (tertiary/aromatic N) is 2. The highest BCUT2D eigenvalue weighted by Crippen LogP contribution is 2.30. The van der Waals surface area contributed by atoms with Crippen molar-refractivity contribution in [3.63, 3.8) is 0 Å². The topological polar surface area (TPSA) is 61.2 Å². The van der Waals surface area contributed by atoms with Gasteiger partial charge in [0.05, 0.1) is 17.0 Å². The van der Waals surface area contributed by atoms with Gasteiger partial charge in [0, 0.05) is 17.0 Å². The highest BCUT2D eigenvalue weighted by molar-refractivity contribution is 5.94. The van der Waals surface area contributed by atoms with Crippen LogP contribution in [0.3, 0.4) is 0 Å². The first kappa shape index (κ1) is 21.0. The second-order valence-electron chi connectivity index (χ2n) is 8.14. The number of carbonyl (C=O) groups excluding carboxylic acids is 1. The number of hydrogen-bond acceptors (Lipinski definition) is 4. The number of benzene rings is 3. The summed E-state index contributed by atoms with van der Waals surface area (Å²) in [7, 11) is 0. The molecule has 33 heavy (non-hydrogen) atoms. The van der Waals surface area contributed by atoms with E-state index in [1.165, 1.54) is 6.07 Å². The summed E-state index contributed by atoms with van der Waals surface area (Å²) in [5.41, 5.74) is 0.327. The van der Waals surface area contributed by atoms with Crippen molar-refractivity contribution in [1.82, 2.24) is 9.78 Å². The zero-order chi connectivity index (χ0) is 22.9. The van der Waals surface area contributed by atoms with Crippen molar-refractivity contribution in [1.29, 1.82) is 0 Å². The molecule has 1 aliphatic carbocycles. The SMILES string of the molecule is O=C(Oc1cccc(-c2nn(-c3ccc(F)cc3F)c(=O)c3ccccc23)c1)C1CCCC1. The van der Waals surface area contributed by atoms with Gasteiger partial charge in [0.2, 0.25) is 0 Å². The fourth-order valence-electron chi connectivity index (χ4n) is 4.29. The zero-order valence-electron chi connectivity index (χ0n) is 17.6. The van der Waals surface area contributed by atoms with E-state index < -0.39 is 17.2 Å². The third-order valence-electron chi connectivity index (χ3n) is 5.96. The normalized spacial score (nSPS) is 14.0. The second-order valence-corrected chi connectivity index (χ2v) is 8.14. The minimum absolute atomic E-state index is 0.0871. The summed E-state index contributed by atoms with van der Waals surface area (Å²) in [5, 5.41) is 5.33. The lowest BCUT2D eigenvalue weighted by Crippen LogP contribution is -2.23. The summed E-state index contributed by atoms with van der Waals surface area (Å²) < 4.78 is 34.5. The van der Waals surface area contributed by atoms with Gasteiger partial charge in [0.25, 0.3) is 5.56 Å². The average Bonchev–Trinajstić information content (AvgIpc) is 3.36. The third-order valence-corrected chi connectivity index (χ3v) is 5.96. The quantitative estimate of drug-likeness (QED) is 0.310. The average molecular weight is 446 g/mol. The van der Waals surface area contributed by atoms with Gasteiger partial charge in [-0.25, -0.2) is 8.78 Å². The summed E-state index contributed by atoms with van der Waals surface area (Å²) in [6.07, 6.45) is 3.71. The highest BCUT2D eigenvalue weighted by Gasteiger charge is 2.25. The van der Waals surface area contributed by atoms with Crippen LogP contribution in [-0.4, -0.2) is 15.7 Å². The monoisotopic (exact) mass is 446 g/mol. The number of ether oxygens (including phenoxy) is 1. The standard InChI is InChI=1S/C26H20F2N2O3/c27-18-12-13-23(22(28)15-18)30-25(31)21-11-4-3-10-20(21)24(29-30)17-8-5-9-19(14-17)33-26(32)16-6-1-2-7-16/h3-5,8-16H,1-2,6-7H2. The number of hydrogen-bond donors (Lipinski definition) is 0.